The van der Waals surface area contributed by atoms with Crippen molar-refractivity contribution >= 4 is 0 Å². The van der Waals surface area contributed by atoms with Crippen molar-refractivity contribution in [1.82, 2.24) is 5.06 Å². The molecule has 1 aliphatic rings. The molecule has 0 radical (unpaired) electrons. The number of hydroxylamine groups is 2. The zero-order valence-corrected chi connectivity index (χ0v) is 8.17. The fourth-order valence-corrected chi connectivity index (χ4v) is 1.99. The lowest BCUT2D eigenvalue weighted by atomic mass is 9.81. The van der Waals surface area contributed by atoms with E-state index in [0.29, 0.717) is 0 Å². The highest BCUT2D eigenvalue weighted by atomic mass is 16.5. The van der Waals surface area contributed by atoms with Gasteiger partial charge in [0.15, 0.2) is 0 Å². The summed E-state index contributed by atoms with van der Waals surface area (Å²) in [6.07, 6.45) is 2.92. The van der Waals surface area contributed by atoms with Crippen LogP contribution in [0.25, 0.3) is 0 Å². The van der Waals surface area contributed by atoms with Gasteiger partial charge in [-0.2, -0.15) is 5.06 Å². The molecule has 1 heterocycles. The first-order chi connectivity index (χ1) is 5.42. The van der Waals surface area contributed by atoms with Crippen LogP contribution in [0.5, 0.6) is 0 Å². The van der Waals surface area contributed by atoms with E-state index in [1.165, 1.54) is 5.06 Å². The standard InChI is InChI=1S/C9H19NO2/c1-8(2)5-4-6-9(3,7-11)10(8)12/h11-12H,4-7H2,1-3H3. The summed E-state index contributed by atoms with van der Waals surface area (Å²) in [4.78, 5) is 0. The predicted molar refractivity (Wildman–Crippen MR) is 47.0 cm³/mol. The number of nitrogens with zero attached hydrogens (tertiary/aromatic N) is 1. The van der Waals surface area contributed by atoms with Crippen LogP contribution in [0.3, 0.4) is 0 Å². The molecular weight excluding hydrogens is 154 g/mol. The van der Waals surface area contributed by atoms with E-state index in [-0.39, 0.29) is 12.1 Å². The number of piperidine rings is 1. The number of rotatable bonds is 1. The van der Waals surface area contributed by atoms with E-state index in [4.69, 9.17) is 5.11 Å². The van der Waals surface area contributed by atoms with Crippen molar-refractivity contribution in [1.29, 1.82) is 0 Å². The van der Waals surface area contributed by atoms with Gasteiger partial charge in [-0.3, -0.25) is 0 Å². The third kappa shape index (κ3) is 1.49. The third-order valence-corrected chi connectivity index (χ3v) is 2.93. The molecule has 0 aromatic rings. The number of hydrogen-bond acceptors (Lipinski definition) is 3. The van der Waals surface area contributed by atoms with Crippen molar-refractivity contribution in [2.24, 2.45) is 0 Å². The van der Waals surface area contributed by atoms with E-state index in [9.17, 15) is 5.21 Å². The van der Waals surface area contributed by atoms with Crippen molar-refractivity contribution in [3.63, 3.8) is 0 Å². The molecule has 3 heteroatoms. The molecule has 1 aliphatic heterocycles. The summed E-state index contributed by atoms with van der Waals surface area (Å²) in [5.74, 6) is 0. The smallest absolute Gasteiger partial charge is 0.0668 e. The summed E-state index contributed by atoms with van der Waals surface area (Å²) in [6.45, 7) is 5.92. The quantitative estimate of drug-likeness (QED) is 0.629. The largest absolute Gasteiger partial charge is 0.394 e. The number of hydrogen-bond donors (Lipinski definition) is 2. The Labute approximate surface area is 74.0 Å². The van der Waals surface area contributed by atoms with Gasteiger partial charge in [0.05, 0.1) is 12.1 Å². The lowest BCUT2D eigenvalue weighted by Gasteiger charge is -2.49. The van der Waals surface area contributed by atoms with Gasteiger partial charge in [-0.1, -0.05) is 0 Å². The van der Waals surface area contributed by atoms with Crippen LogP contribution in [-0.4, -0.2) is 33.1 Å². The van der Waals surface area contributed by atoms with Crippen molar-refractivity contribution in [2.75, 3.05) is 6.61 Å². The van der Waals surface area contributed by atoms with E-state index >= 15 is 0 Å². The van der Waals surface area contributed by atoms with Gasteiger partial charge in [-0.25, -0.2) is 0 Å². The maximum Gasteiger partial charge on any atom is 0.0668 e. The molecule has 0 saturated carbocycles. The normalized spacial score (nSPS) is 36.8. The van der Waals surface area contributed by atoms with Crippen LogP contribution in [0.15, 0.2) is 0 Å². The first-order valence-corrected chi connectivity index (χ1v) is 4.52. The Hall–Kier alpha value is -0.120. The fraction of sp³-hybridized carbons (Fsp3) is 1.00. The monoisotopic (exact) mass is 173 g/mol. The highest BCUT2D eigenvalue weighted by molar-refractivity contribution is 4.94. The molecular formula is C9H19NO2. The molecule has 0 aromatic carbocycles. The highest BCUT2D eigenvalue weighted by Gasteiger charge is 2.43. The Morgan fingerprint density at radius 1 is 1.25 bits per heavy atom. The van der Waals surface area contributed by atoms with Crippen LogP contribution in [0.1, 0.15) is 40.0 Å². The molecule has 0 aliphatic carbocycles. The first kappa shape index (κ1) is 9.96. The van der Waals surface area contributed by atoms with Gasteiger partial charge in [-0.15, -0.1) is 0 Å². The average Bonchev–Trinajstić information content (AvgIpc) is 2.00. The third-order valence-electron chi connectivity index (χ3n) is 2.93. The molecule has 0 aromatic heterocycles. The minimum absolute atomic E-state index is 0.0208. The minimum Gasteiger partial charge on any atom is -0.394 e. The van der Waals surface area contributed by atoms with Gasteiger partial charge in [0, 0.05) is 5.54 Å². The van der Waals surface area contributed by atoms with Crippen LogP contribution in [-0.2, 0) is 0 Å². The summed E-state index contributed by atoms with van der Waals surface area (Å²) < 4.78 is 0. The summed E-state index contributed by atoms with van der Waals surface area (Å²) >= 11 is 0. The second-order valence-electron chi connectivity index (χ2n) is 4.63. The van der Waals surface area contributed by atoms with Gasteiger partial charge in [0.1, 0.15) is 0 Å². The van der Waals surface area contributed by atoms with Crippen LogP contribution in [0.2, 0.25) is 0 Å². The zero-order chi connectivity index (χ0) is 9.41. The van der Waals surface area contributed by atoms with Crippen LogP contribution < -0.4 is 0 Å². The lowest BCUT2D eigenvalue weighted by Crippen LogP contribution is -2.59. The topological polar surface area (TPSA) is 43.7 Å². The minimum atomic E-state index is -0.443. The molecule has 72 valence electrons. The van der Waals surface area contributed by atoms with E-state index < -0.39 is 5.54 Å². The average molecular weight is 173 g/mol. The summed E-state index contributed by atoms with van der Waals surface area (Å²) in [6, 6.07) is 0. The summed E-state index contributed by atoms with van der Waals surface area (Å²) in [7, 11) is 0. The molecule has 3 nitrogen and oxygen atoms in total. The van der Waals surface area contributed by atoms with Gasteiger partial charge < -0.3 is 10.3 Å². The first-order valence-electron chi connectivity index (χ1n) is 4.52. The van der Waals surface area contributed by atoms with Gasteiger partial charge in [-0.05, 0) is 40.0 Å². The molecule has 0 amide bonds. The summed E-state index contributed by atoms with van der Waals surface area (Å²) in [5, 5.41) is 20.3. The van der Waals surface area contributed by atoms with E-state index in [1.54, 1.807) is 0 Å². The molecule has 1 saturated heterocycles. The van der Waals surface area contributed by atoms with E-state index in [1.807, 2.05) is 20.8 Å². The molecule has 1 atom stereocenters. The second-order valence-corrected chi connectivity index (χ2v) is 4.63. The molecule has 12 heavy (non-hydrogen) atoms. The van der Waals surface area contributed by atoms with Gasteiger partial charge in [0.25, 0.3) is 0 Å². The van der Waals surface area contributed by atoms with Crippen molar-refractivity contribution in [2.45, 2.75) is 51.1 Å². The van der Waals surface area contributed by atoms with E-state index in [2.05, 4.69) is 0 Å². The van der Waals surface area contributed by atoms with Crippen molar-refractivity contribution in [3.8, 4) is 0 Å². The number of aliphatic hydroxyl groups excluding tert-OH is 1. The lowest BCUT2D eigenvalue weighted by molar-refractivity contribution is -0.255. The fourth-order valence-electron chi connectivity index (χ4n) is 1.99. The SMILES string of the molecule is CC1(C)CCCC(C)(CO)N1O. The number of aliphatic hydroxyl groups is 1. The Bertz CT molecular complexity index is 170. The maximum absolute atomic E-state index is 9.83. The van der Waals surface area contributed by atoms with Gasteiger partial charge in [0.2, 0.25) is 0 Å². The van der Waals surface area contributed by atoms with Crippen LogP contribution >= 0.6 is 0 Å². The van der Waals surface area contributed by atoms with Crippen LogP contribution in [0.4, 0.5) is 0 Å². The molecule has 0 spiro atoms. The maximum atomic E-state index is 9.83. The molecule has 1 rings (SSSR count). The Morgan fingerprint density at radius 3 is 2.25 bits per heavy atom. The Morgan fingerprint density at radius 2 is 1.83 bits per heavy atom. The highest BCUT2D eigenvalue weighted by Crippen LogP contribution is 2.36. The zero-order valence-electron chi connectivity index (χ0n) is 8.17. The van der Waals surface area contributed by atoms with Gasteiger partial charge >= 0.3 is 0 Å². The molecule has 0 bridgehead atoms. The predicted octanol–water partition coefficient (Wildman–Crippen LogP) is 1.39. The van der Waals surface area contributed by atoms with Crippen molar-refractivity contribution in [3.05, 3.63) is 0 Å². The Kier molecular flexibility index (Phi) is 2.47. The van der Waals surface area contributed by atoms with Crippen LogP contribution in [0, 0.1) is 0 Å². The molecule has 1 unspecified atom stereocenters. The Balaban J connectivity index is 2.79. The van der Waals surface area contributed by atoms with Crippen molar-refractivity contribution < 1.29 is 10.3 Å². The molecule has 1 fully saturated rings. The van der Waals surface area contributed by atoms with E-state index in [0.717, 1.165) is 19.3 Å². The summed E-state index contributed by atoms with van der Waals surface area (Å²) in [5.41, 5.74) is -0.641. The second kappa shape index (κ2) is 2.98. The molecule has 2 N–H and O–H groups in total.